The number of halogens is 1. The Balaban J connectivity index is 0.00000280. The van der Waals surface area contributed by atoms with Crippen molar-refractivity contribution in [3.05, 3.63) is 59.2 Å². The summed E-state index contributed by atoms with van der Waals surface area (Å²) in [4.78, 5) is 2.67. The molecule has 0 N–H and O–H groups in total. The summed E-state index contributed by atoms with van der Waals surface area (Å²) in [6.07, 6.45) is 5.22. The molecule has 6 heteroatoms. The van der Waals surface area contributed by atoms with Gasteiger partial charge in [0.1, 0.15) is 0 Å². The molecule has 1 aliphatic heterocycles. The Bertz CT molecular complexity index is 882. The zero-order chi connectivity index (χ0) is 19.4. The third-order valence-electron chi connectivity index (χ3n) is 5.48. The molecule has 0 aromatic heterocycles. The van der Waals surface area contributed by atoms with E-state index < -0.39 is 10.0 Å². The van der Waals surface area contributed by atoms with E-state index >= 15 is 0 Å². The van der Waals surface area contributed by atoms with E-state index in [-0.39, 0.29) is 12.4 Å². The highest BCUT2D eigenvalue weighted by molar-refractivity contribution is 7.92. The molecule has 1 heterocycles. The first kappa shape index (κ1) is 22.7. The van der Waals surface area contributed by atoms with Gasteiger partial charge in [-0.15, -0.1) is 12.4 Å². The average Bonchev–Trinajstić information content (AvgIpc) is 2.87. The minimum atomic E-state index is -3.55. The lowest BCUT2D eigenvalue weighted by molar-refractivity contribution is 0.352. The van der Waals surface area contributed by atoms with E-state index in [1.54, 1.807) is 19.2 Å². The summed E-state index contributed by atoms with van der Waals surface area (Å²) in [6, 6.07) is 13.4. The maximum absolute atomic E-state index is 13.1. The van der Waals surface area contributed by atoms with Crippen molar-refractivity contribution in [3.8, 4) is 0 Å². The van der Waals surface area contributed by atoms with Crippen LogP contribution in [0.5, 0.6) is 0 Å². The van der Waals surface area contributed by atoms with Crippen molar-refractivity contribution in [1.29, 1.82) is 0 Å². The highest BCUT2D eigenvalue weighted by Crippen LogP contribution is 2.26. The van der Waals surface area contributed by atoms with Crippen LogP contribution in [0.15, 0.2) is 47.4 Å². The van der Waals surface area contributed by atoms with Crippen LogP contribution in [0.3, 0.4) is 0 Å². The molecule has 0 spiro atoms. The summed E-state index contributed by atoms with van der Waals surface area (Å²) >= 11 is 0. The molecule has 2 aromatic rings. The normalized spacial score (nSPS) is 14.7. The Morgan fingerprint density at radius 3 is 2.29 bits per heavy atom. The van der Waals surface area contributed by atoms with Gasteiger partial charge in [0.05, 0.1) is 10.6 Å². The summed E-state index contributed by atoms with van der Waals surface area (Å²) in [5.74, 6) is 0. The fraction of sp³-hybridized carbons (Fsp3) is 0.455. The highest BCUT2D eigenvalue weighted by atomic mass is 35.5. The molecule has 0 bridgehead atoms. The standard InChI is InChI=1S/C22H30N2O2S.ClH/c1-4-5-6-18-7-11-22(12-8-18)27(25,26)24(3)21-10-9-19-13-15-23(2)16-14-20(19)17-21;/h7-12,17H,4-6,13-16H2,1-3H3;1H. The van der Waals surface area contributed by atoms with Crippen molar-refractivity contribution < 1.29 is 8.42 Å². The topological polar surface area (TPSA) is 40.6 Å². The lowest BCUT2D eigenvalue weighted by atomic mass is 10.0. The number of rotatable bonds is 6. The fourth-order valence-corrected chi connectivity index (χ4v) is 4.71. The summed E-state index contributed by atoms with van der Waals surface area (Å²) in [5.41, 5.74) is 4.50. The molecule has 3 rings (SSSR count). The van der Waals surface area contributed by atoms with Gasteiger partial charge in [0.2, 0.25) is 0 Å². The average molecular weight is 423 g/mol. The van der Waals surface area contributed by atoms with Crippen molar-refractivity contribution >= 4 is 28.1 Å². The van der Waals surface area contributed by atoms with Crippen molar-refractivity contribution in [2.75, 3.05) is 31.5 Å². The molecule has 0 fully saturated rings. The molecule has 0 saturated carbocycles. The van der Waals surface area contributed by atoms with Gasteiger partial charge in [-0.05, 0) is 73.7 Å². The molecule has 154 valence electrons. The summed E-state index contributed by atoms with van der Waals surface area (Å²) in [5, 5.41) is 0. The largest absolute Gasteiger partial charge is 0.306 e. The fourth-order valence-electron chi connectivity index (χ4n) is 3.53. The lowest BCUT2D eigenvalue weighted by Crippen LogP contribution is -2.26. The van der Waals surface area contributed by atoms with E-state index in [0.29, 0.717) is 4.90 Å². The number of aryl methyl sites for hydroxylation is 1. The molecule has 28 heavy (non-hydrogen) atoms. The Labute approximate surface area is 176 Å². The Kier molecular flexibility index (Phi) is 7.93. The maximum Gasteiger partial charge on any atom is 0.264 e. The van der Waals surface area contributed by atoms with Gasteiger partial charge in [-0.1, -0.05) is 31.5 Å². The van der Waals surface area contributed by atoms with Crippen LogP contribution in [0.2, 0.25) is 0 Å². The van der Waals surface area contributed by atoms with Crippen LogP contribution in [0.25, 0.3) is 0 Å². The zero-order valence-electron chi connectivity index (χ0n) is 17.0. The van der Waals surface area contributed by atoms with E-state index in [9.17, 15) is 8.42 Å². The predicted octanol–water partition coefficient (Wildman–Crippen LogP) is 4.31. The molecule has 0 aliphatic carbocycles. The van der Waals surface area contributed by atoms with Crippen LogP contribution >= 0.6 is 12.4 Å². The van der Waals surface area contributed by atoms with Crippen molar-refractivity contribution in [2.24, 2.45) is 0 Å². The Hall–Kier alpha value is -1.56. The molecule has 0 amide bonds. The van der Waals surface area contributed by atoms with Gasteiger partial charge in [0.15, 0.2) is 0 Å². The zero-order valence-corrected chi connectivity index (χ0v) is 18.7. The number of hydrogen-bond donors (Lipinski definition) is 0. The summed E-state index contributed by atoms with van der Waals surface area (Å²) in [6.45, 7) is 4.21. The Morgan fingerprint density at radius 1 is 1.00 bits per heavy atom. The van der Waals surface area contributed by atoms with Gasteiger partial charge >= 0.3 is 0 Å². The summed E-state index contributed by atoms with van der Waals surface area (Å²) < 4.78 is 27.5. The second-order valence-corrected chi connectivity index (χ2v) is 9.45. The van der Waals surface area contributed by atoms with Gasteiger partial charge in [-0.2, -0.15) is 0 Å². The third-order valence-corrected chi connectivity index (χ3v) is 7.28. The monoisotopic (exact) mass is 422 g/mol. The van der Waals surface area contributed by atoms with Crippen LogP contribution in [-0.2, 0) is 29.3 Å². The highest BCUT2D eigenvalue weighted by Gasteiger charge is 2.22. The van der Waals surface area contributed by atoms with Crippen LogP contribution in [0, 0.1) is 0 Å². The van der Waals surface area contributed by atoms with Crippen molar-refractivity contribution in [1.82, 2.24) is 4.90 Å². The minimum Gasteiger partial charge on any atom is -0.306 e. The van der Waals surface area contributed by atoms with Gasteiger partial charge in [-0.3, -0.25) is 4.31 Å². The molecular weight excluding hydrogens is 392 g/mol. The number of likely N-dealkylation sites (N-methyl/N-ethyl adjacent to an activating group) is 1. The van der Waals surface area contributed by atoms with E-state index in [2.05, 4.69) is 24.9 Å². The van der Waals surface area contributed by atoms with Crippen LogP contribution in [-0.4, -0.2) is 40.5 Å². The number of nitrogens with zero attached hydrogens (tertiary/aromatic N) is 2. The third kappa shape index (κ3) is 5.07. The second-order valence-electron chi connectivity index (χ2n) is 7.48. The minimum absolute atomic E-state index is 0. The molecule has 1 aliphatic rings. The quantitative estimate of drug-likeness (QED) is 0.696. The smallest absolute Gasteiger partial charge is 0.264 e. The molecular formula is C22H31ClN2O2S. The molecule has 4 nitrogen and oxygen atoms in total. The van der Waals surface area contributed by atoms with Crippen molar-refractivity contribution in [3.63, 3.8) is 0 Å². The molecule has 0 unspecified atom stereocenters. The molecule has 2 aromatic carbocycles. The van der Waals surface area contributed by atoms with E-state index in [1.165, 1.54) is 21.0 Å². The van der Waals surface area contributed by atoms with Gasteiger partial charge < -0.3 is 4.90 Å². The van der Waals surface area contributed by atoms with E-state index in [4.69, 9.17) is 0 Å². The van der Waals surface area contributed by atoms with E-state index in [1.807, 2.05) is 24.3 Å². The van der Waals surface area contributed by atoms with E-state index in [0.717, 1.165) is 50.9 Å². The number of anilines is 1. The van der Waals surface area contributed by atoms with Crippen molar-refractivity contribution in [2.45, 2.75) is 43.9 Å². The lowest BCUT2D eigenvalue weighted by Gasteiger charge is -2.21. The van der Waals surface area contributed by atoms with Crippen LogP contribution in [0.4, 0.5) is 5.69 Å². The second kappa shape index (κ2) is 9.77. The SMILES string of the molecule is CCCCc1ccc(S(=O)(=O)N(C)c2ccc3c(c2)CCN(C)CC3)cc1.Cl. The van der Waals surface area contributed by atoms with Crippen LogP contribution in [0.1, 0.15) is 36.5 Å². The van der Waals surface area contributed by atoms with Gasteiger partial charge in [0.25, 0.3) is 10.0 Å². The number of benzene rings is 2. The van der Waals surface area contributed by atoms with Gasteiger partial charge in [-0.25, -0.2) is 8.42 Å². The first-order chi connectivity index (χ1) is 12.9. The first-order valence-corrected chi connectivity index (χ1v) is 11.2. The number of fused-ring (bicyclic) bond motifs is 1. The van der Waals surface area contributed by atoms with Gasteiger partial charge in [0, 0.05) is 20.1 Å². The maximum atomic E-state index is 13.1. The predicted molar refractivity (Wildman–Crippen MR) is 119 cm³/mol. The number of hydrogen-bond acceptors (Lipinski definition) is 3. The number of unbranched alkanes of at least 4 members (excludes halogenated alkanes) is 1. The summed E-state index contributed by atoms with van der Waals surface area (Å²) in [7, 11) is 0.223. The Morgan fingerprint density at radius 2 is 1.64 bits per heavy atom. The molecule has 0 saturated heterocycles. The first-order valence-electron chi connectivity index (χ1n) is 9.80. The van der Waals surface area contributed by atoms with Crippen LogP contribution < -0.4 is 4.31 Å². The number of sulfonamides is 1. The molecule has 0 radical (unpaired) electrons. The molecule has 0 atom stereocenters.